The van der Waals surface area contributed by atoms with Crippen molar-refractivity contribution in [2.45, 2.75) is 25.4 Å². The van der Waals surface area contributed by atoms with E-state index in [-0.39, 0.29) is 30.3 Å². The molecule has 0 spiro atoms. The fourth-order valence-electron chi connectivity index (χ4n) is 2.97. The molecule has 1 N–H and O–H groups in total. The van der Waals surface area contributed by atoms with Gasteiger partial charge in [0.25, 0.3) is 0 Å². The summed E-state index contributed by atoms with van der Waals surface area (Å²) in [6, 6.07) is 7.01. The summed E-state index contributed by atoms with van der Waals surface area (Å²) in [4.78, 5) is 26.1. The molecule has 1 aromatic rings. The molecule has 2 heterocycles. The molecule has 2 unspecified atom stereocenters. The van der Waals surface area contributed by atoms with Gasteiger partial charge in [-0.25, -0.2) is 0 Å². The fraction of sp³-hybridized carbons (Fsp3) is 0.500. The van der Waals surface area contributed by atoms with E-state index in [4.69, 9.17) is 16.3 Å². The first kappa shape index (κ1) is 15.3. The predicted molar refractivity (Wildman–Crippen MR) is 83.7 cm³/mol. The highest BCUT2D eigenvalue weighted by molar-refractivity contribution is 6.30. The monoisotopic (exact) mass is 322 g/mol. The second-order valence-corrected chi connectivity index (χ2v) is 6.27. The zero-order chi connectivity index (χ0) is 15.5. The van der Waals surface area contributed by atoms with Gasteiger partial charge in [0.2, 0.25) is 11.8 Å². The van der Waals surface area contributed by atoms with E-state index in [2.05, 4.69) is 5.32 Å². The van der Waals surface area contributed by atoms with Gasteiger partial charge >= 0.3 is 0 Å². The Balaban J connectivity index is 1.56. The Morgan fingerprint density at radius 1 is 1.45 bits per heavy atom. The van der Waals surface area contributed by atoms with E-state index < -0.39 is 0 Å². The molecule has 5 nitrogen and oxygen atoms in total. The van der Waals surface area contributed by atoms with Gasteiger partial charge in [0.15, 0.2) is 0 Å². The molecule has 2 saturated heterocycles. The number of hydrogen-bond donors (Lipinski definition) is 1. The minimum absolute atomic E-state index is 0.0294. The molecule has 0 radical (unpaired) electrons. The van der Waals surface area contributed by atoms with Crippen LogP contribution < -0.4 is 5.32 Å². The smallest absolute Gasteiger partial charge is 0.229 e. The molecule has 0 aliphatic carbocycles. The number of hydrogen-bond acceptors (Lipinski definition) is 3. The molecule has 6 heteroatoms. The van der Waals surface area contributed by atoms with Crippen LogP contribution in [-0.4, -0.2) is 42.5 Å². The summed E-state index contributed by atoms with van der Waals surface area (Å²) in [6.45, 7) is 1.83. The van der Waals surface area contributed by atoms with Crippen LogP contribution in [0, 0.1) is 5.92 Å². The van der Waals surface area contributed by atoms with Crippen molar-refractivity contribution in [2.75, 3.05) is 25.0 Å². The van der Waals surface area contributed by atoms with Gasteiger partial charge in [-0.05, 0) is 31.0 Å². The summed E-state index contributed by atoms with van der Waals surface area (Å²) in [5.74, 6) is -0.417. The number of nitrogens with one attached hydrogen (secondary N) is 1. The molecular weight excluding hydrogens is 304 g/mol. The van der Waals surface area contributed by atoms with Crippen molar-refractivity contribution in [3.8, 4) is 0 Å². The molecule has 2 atom stereocenters. The molecule has 22 heavy (non-hydrogen) atoms. The summed E-state index contributed by atoms with van der Waals surface area (Å²) in [7, 11) is 0. The van der Waals surface area contributed by atoms with Crippen molar-refractivity contribution < 1.29 is 14.3 Å². The molecule has 1 aromatic carbocycles. The van der Waals surface area contributed by atoms with Crippen LogP contribution in [0.5, 0.6) is 0 Å². The number of ether oxygens (including phenoxy) is 1. The maximum absolute atomic E-state index is 12.3. The summed E-state index contributed by atoms with van der Waals surface area (Å²) >= 11 is 5.90. The van der Waals surface area contributed by atoms with Crippen molar-refractivity contribution >= 4 is 29.1 Å². The fourth-order valence-corrected chi connectivity index (χ4v) is 3.16. The third-order valence-electron chi connectivity index (χ3n) is 4.13. The average molecular weight is 323 g/mol. The van der Waals surface area contributed by atoms with E-state index in [1.807, 2.05) is 0 Å². The summed E-state index contributed by atoms with van der Waals surface area (Å²) < 4.78 is 5.56. The van der Waals surface area contributed by atoms with Crippen LogP contribution in [0.2, 0.25) is 5.02 Å². The molecule has 0 aromatic heterocycles. The second kappa shape index (κ2) is 6.67. The lowest BCUT2D eigenvalue weighted by atomic mass is 10.1. The highest BCUT2D eigenvalue weighted by Crippen LogP contribution is 2.23. The topological polar surface area (TPSA) is 58.6 Å². The van der Waals surface area contributed by atoms with Gasteiger partial charge in [0.1, 0.15) is 0 Å². The van der Waals surface area contributed by atoms with Crippen molar-refractivity contribution in [2.24, 2.45) is 5.92 Å². The third kappa shape index (κ3) is 3.59. The average Bonchev–Trinajstić information content (AvgIpc) is 3.10. The number of nitrogens with zero attached hydrogens (tertiary/aromatic N) is 1. The molecule has 0 bridgehead atoms. The summed E-state index contributed by atoms with van der Waals surface area (Å²) in [6.07, 6.45) is 2.42. The largest absolute Gasteiger partial charge is 0.376 e. The lowest BCUT2D eigenvalue weighted by Gasteiger charge is -2.20. The third-order valence-corrected chi connectivity index (χ3v) is 4.36. The number of benzene rings is 1. The zero-order valence-electron chi connectivity index (χ0n) is 12.3. The molecule has 118 valence electrons. The SMILES string of the molecule is O=C(Nc1cccc(Cl)c1)C1CC(=O)N(CC2CCCO2)C1. The van der Waals surface area contributed by atoms with Gasteiger partial charge in [-0.2, -0.15) is 0 Å². The molecule has 3 rings (SSSR count). The van der Waals surface area contributed by atoms with Crippen LogP contribution >= 0.6 is 11.6 Å². The maximum Gasteiger partial charge on any atom is 0.229 e. The summed E-state index contributed by atoms with van der Waals surface area (Å²) in [5.41, 5.74) is 0.655. The Hall–Kier alpha value is -1.59. The Morgan fingerprint density at radius 2 is 2.32 bits per heavy atom. The van der Waals surface area contributed by atoms with Crippen LogP contribution in [0.15, 0.2) is 24.3 Å². The number of amides is 2. The van der Waals surface area contributed by atoms with Crippen molar-refractivity contribution in [3.05, 3.63) is 29.3 Å². The minimum atomic E-state index is -0.312. The number of halogens is 1. The Labute approximate surface area is 134 Å². The van der Waals surface area contributed by atoms with E-state index in [1.54, 1.807) is 29.2 Å². The first-order valence-corrected chi connectivity index (χ1v) is 7.95. The van der Waals surface area contributed by atoms with E-state index in [0.717, 1.165) is 19.4 Å². The van der Waals surface area contributed by atoms with Gasteiger partial charge < -0.3 is 15.0 Å². The first-order valence-electron chi connectivity index (χ1n) is 7.57. The van der Waals surface area contributed by atoms with Crippen LogP contribution in [0.3, 0.4) is 0 Å². The number of carbonyl (C=O) groups excluding carboxylic acids is 2. The Kier molecular flexibility index (Phi) is 4.64. The quantitative estimate of drug-likeness (QED) is 0.925. The van der Waals surface area contributed by atoms with E-state index in [9.17, 15) is 9.59 Å². The number of likely N-dealkylation sites (tertiary alicyclic amines) is 1. The summed E-state index contributed by atoms with van der Waals surface area (Å²) in [5, 5.41) is 3.40. The molecule has 2 fully saturated rings. The van der Waals surface area contributed by atoms with Crippen molar-refractivity contribution in [1.29, 1.82) is 0 Å². The first-order chi connectivity index (χ1) is 10.6. The van der Waals surface area contributed by atoms with Gasteiger partial charge in [0, 0.05) is 36.8 Å². The maximum atomic E-state index is 12.3. The van der Waals surface area contributed by atoms with Crippen molar-refractivity contribution in [1.82, 2.24) is 4.90 Å². The van der Waals surface area contributed by atoms with E-state index in [0.29, 0.717) is 23.8 Å². The highest BCUT2D eigenvalue weighted by Gasteiger charge is 2.35. The lowest BCUT2D eigenvalue weighted by molar-refractivity contribution is -0.129. The van der Waals surface area contributed by atoms with Gasteiger partial charge in [-0.1, -0.05) is 17.7 Å². The number of anilines is 1. The van der Waals surface area contributed by atoms with Crippen LogP contribution in [0.25, 0.3) is 0 Å². The van der Waals surface area contributed by atoms with Crippen LogP contribution in [-0.2, 0) is 14.3 Å². The van der Waals surface area contributed by atoms with Crippen LogP contribution in [0.4, 0.5) is 5.69 Å². The normalized spacial score (nSPS) is 24.8. The Bertz CT molecular complexity index is 572. The van der Waals surface area contributed by atoms with E-state index >= 15 is 0 Å². The van der Waals surface area contributed by atoms with Crippen LogP contribution in [0.1, 0.15) is 19.3 Å². The molecular formula is C16H19ClN2O3. The molecule has 0 saturated carbocycles. The van der Waals surface area contributed by atoms with Gasteiger partial charge in [0.05, 0.1) is 12.0 Å². The number of rotatable bonds is 4. The van der Waals surface area contributed by atoms with Gasteiger partial charge in [-0.15, -0.1) is 0 Å². The highest BCUT2D eigenvalue weighted by atomic mass is 35.5. The van der Waals surface area contributed by atoms with E-state index in [1.165, 1.54) is 0 Å². The molecule has 2 amide bonds. The lowest BCUT2D eigenvalue weighted by Crippen LogP contribution is -2.34. The second-order valence-electron chi connectivity index (χ2n) is 5.83. The van der Waals surface area contributed by atoms with Gasteiger partial charge in [-0.3, -0.25) is 9.59 Å². The molecule has 2 aliphatic heterocycles. The van der Waals surface area contributed by atoms with Crippen molar-refractivity contribution in [3.63, 3.8) is 0 Å². The minimum Gasteiger partial charge on any atom is -0.376 e. The number of carbonyl (C=O) groups is 2. The zero-order valence-corrected chi connectivity index (χ0v) is 13.0. The molecule has 2 aliphatic rings. The standard InChI is InChI=1S/C16H19ClN2O3/c17-12-3-1-4-13(8-12)18-16(21)11-7-15(20)19(9-11)10-14-5-2-6-22-14/h1,3-4,8,11,14H,2,5-7,9-10H2,(H,18,21). The Morgan fingerprint density at radius 3 is 3.05 bits per heavy atom. The predicted octanol–water partition coefficient (Wildman–Crippen LogP) is 2.31.